The van der Waals surface area contributed by atoms with Crippen LogP contribution in [0.2, 0.25) is 0 Å². The molecule has 0 bridgehead atoms. The maximum atomic E-state index is 4.58. The molecule has 0 amide bonds. The van der Waals surface area contributed by atoms with Crippen LogP contribution in [0.25, 0.3) is 65.7 Å². The predicted molar refractivity (Wildman–Crippen MR) is 153 cm³/mol. The van der Waals surface area contributed by atoms with Gasteiger partial charge >= 0.3 is 0 Å². The van der Waals surface area contributed by atoms with Crippen molar-refractivity contribution in [1.29, 1.82) is 0 Å². The quantitative estimate of drug-likeness (QED) is 0.241. The molecule has 1 nitrogen and oxygen atoms in total. The summed E-state index contributed by atoms with van der Waals surface area (Å²) in [5, 5.41) is 7.39. The Morgan fingerprint density at radius 3 is 1.86 bits per heavy atom. The van der Waals surface area contributed by atoms with Crippen molar-refractivity contribution in [2.75, 3.05) is 0 Å². The van der Waals surface area contributed by atoms with Gasteiger partial charge in [0.15, 0.2) is 0 Å². The number of aromatic nitrogens is 1. The molecule has 1 aromatic heterocycles. The van der Waals surface area contributed by atoms with Crippen LogP contribution in [0.15, 0.2) is 140 Å². The second-order valence-corrected chi connectivity index (χ2v) is 9.19. The highest BCUT2D eigenvalue weighted by atomic mass is 14.6. The van der Waals surface area contributed by atoms with Crippen molar-refractivity contribution in [3.05, 3.63) is 140 Å². The minimum atomic E-state index is 1.17. The Morgan fingerprint density at radius 1 is 0.389 bits per heavy atom. The van der Waals surface area contributed by atoms with Crippen LogP contribution in [0.4, 0.5) is 0 Å². The number of nitrogens with zero attached hydrogens (tertiary/aromatic N) is 1. The SMILES string of the molecule is c1ccc(-c2c3ccccc3c(-c3ccccc3-c3ccc4ccccc4c3)c3cnccc23)cc1. The van der Waals surface area contributed by atoms with Crippen molar-refractivity contribution < 1.29 is 0 Å². The van der Waals surface area contributed by atoms with Crippen molar-refractivity contribution in [3.63, 3.8) is 0 Å². The predicted octanol–water partition coefficient (Wildman–Crippen LogP) is 9.54. The van der Waals surface area contributed by atoms with Crippen molar-refractivity contribution >= 4 is 32.3 Å². The first-order chi connectivity index (χ1) is 17.9. The fourth-order valence-electron chi connectivity index (χ4n) is 5.54. The molecule has 7 rings (SSSR count). The summed E-state index contributed by atoms with van der Waals surface area (Å²) in [6, 6.07) is 45.7. The highest BCUT2D eigenvalue weighted by Gasteiger charge is 2.18. The number of pyridine rings is 1. The summed E-state index contributed by atoms with van der Waals surface area (Å²) in [5.74, 6) is 0. The number of benzene rings is 6. The van der Waals surface area contributed by atoms with Crippen molar-refractivity contribution in [2.24, 2.45) is 0 Å². The first-order valence-corrected chi connectivity index (χ1v) is 12.3. The number of hydrogen-bond acceptors (Lipinski definition) is 1. The molecule has 0 aliphatic heterocycles. The minimum absolute atomic E-state index is 1.17. The maximum absolute atomic E-state index is 4.58. The van der Waals surface area contributed by atoms with E-state index in [4.69, 9.17) is 0 Å². The lowest BCUT2D eigenvalue weighted by Gasteiger charge is -2.19. The standard InChI is InChI=1S/C35H23N/c1-2-11-25(12-3-1)34-30-16-8-9-17-31(30)35(33-23-36-21-20-32(33)34)29-15-7-6-14-28(29)27-19-18-24-10-4-5-13-26(24)22-27/h1-23H. The zero-order valence-electron chi connectivity index (χ0n) is 19.7. The molecule has 6 aromatic carbocycles. The highest BCUT2D eigenvalue weighted by Crippen LogP contribution is 2.45. The third-order valence-corrected chi connectivity index (χ3v) is 7.14. The second kappa shape index (κ2) is 8.48. The largest absolute Gasteiger partial charge is 0.264 e. The van der Waals surface area contributed by atoms with Crippen LogP contribution in [0.1, 0.15) is 0 Å². The minimum Gasteiger partial charge on any atom is -0.264 e. The summed E-state index contributed by atoms with van der Waals surface area (Å²) in [6.45, 7) is 0. The Hall–Kier alpha value is -4.75. The van der Waals surface area contributed by atoms with Gasteiger partial charge in [0, 0.05) is 17.8 Å². The molecular weight excluding hydrogens is 434 g/mol. The van der Waals surface area contributed by atoms with Gasteiger partial charge in [0.2, 0.25) is 0 Å². The molecule has 0 atom stereocenters. The van der Waals surface area contributed by atoms with E-state index >= 15 is 0 Å². The molecule has 0 unspecified atom stereocenters. The van der Waals surface area contributed by atoms with Crippen LogP contribution in [-0.2, 0) is 0 Å². The summed E-state index contributed by atoms with van der Waals surface area (Å²) >= 11 is 0. The normalized spacial score (nSPS) is 11.3. The Morgan fingerprint density at radius 2 is 1.03 bits per heavy atom. The van der Waals surface area contributed by atoms with E-state index in [0.29, 0.717) is 0 Å². The lowest BCUT2D eigenvalue weighted by molar-refractivity contribution is 1.37. The maximum Gasteiger partial charge on any atom is 0.0353 e. The fourth-order valence-corrected chi connectivity index (χ4v) is 5.54. The molecule has 0 N–H and O–H groups in total. The molecular formula is C35H23N. The van der Waals surface area contributed by atoms with Crippen LogP contribution in [0.5, 0.6) is 0 Å². The van der Waals surface area contributed by atoms with Crippen LogP contribution in [-0.4, -0.2) is 4.98 Å². The lowest BCUT2D eigenvalue weighted by atomic mass is 9.84. The third-order valence-electron chi connectivity index (χ3n) is 7.14. The molecule has 168 valence electrons. The number of fused-ring (bicyclic) bond motifs is 3. The van der Waals surface area contributed by atoms with E-state index in [9.17, 15) is 0 Å². The zero-order chi connectivity index (χ0) is 23.9. The van der Waals surface area contributed by atoms with Gasteiger partial charge in [0.1, 0.15) is 0 Å². The Kier molecular flexibility index (Phi) is 4.85. The molecule has 0 saturated carbocycles. The van der Waals surface area contributed by atoms with E-state index in [1.165, 1.54) is 65.7 Å². The highest BCUT2D eigenvalue weighted by molar-refractivity contribution is 6.22. The molecule has 0 saturated heterocycles. The van der Waals surface area contributed by atoms with E-state index in [-0.39, 0.29) is 0 Å². The molecule has 36 heavy (non-hydrogen) atoms. The smallest absolute Gasteiger partial charge is 0.0353 e. The average Bonchev–Trinajstić information content (AvgIpc) is 2.96. The van der Waals surface area contributed by atoms with E-state index in [1.807, 2.05) is 12.4 Å². The molecule has 1 heteroatoms. The van der Waals surface area contributed by atoms with Gasteiger partial charge in [-0.25, -0.2) is 0 Å². The zero-order valence-corrected chi connectivity index (χ0v) is 19.7. The second-order valence-electron chi connectivity index (χ2n) is 9.19. The average molecular weight is 458 g/mol. The summed E-state index contributed by atoms with van der Waals surface area (Å²) in [4.78, 5) is 4.58. The molecule has 0 aliphatic rings. The fraction of sp³-hybridized carbons (Fsp3) is 0. The third kappa shape index (κ3) is 3.29. The lowest BCUT2D eigenvalue weighted by Crippen LogP contribution is -1.93. The van der Waals surface area contributed by atoms with Gasteiger partial charge in [-0.3, -0.25) is 4.98 Å². The van der Waals surface area contributed by atoms with Crippen LogP contribution < -0.4 is 0 Å². The van der Waals surface area contributed by atoms with Gasteiger partial charge in [0.05, 0.1) is 0 Å². The summed E-state index contributed by atoms with van der Waals surface area (Å²) in [5.41, 5.74) is 7.39. The van der Waals surface area contributed by atoms with E-state index < -0.39 is 0 Å². The van der Waals surface area contributed by atoms with Gasteiger partial charge in [-0.1, -0.05) is 115 Å². The van der Waals surface area contributed by atoms with Gasteiger partial charge in [-0.15, -0.1) is 0 Å². The van der Waals surface area contributed by atoms with E-state index in [0.717, 1.165) is 0 Å². The molecule has 1 heterocycles. The number of hydrogen-bond donors (Lipinski definition) is 0. The number of rotatable bonds is 3. The van der Waals surface area contributed by atoms with Crippen LogP contribution in [0, 0.1) is 0 Å². The van der Waals surface area contributed by atoms with Gasteiger partial charge in [0.25, 0.3) is 0 Å². The Balaban J connectivity index is 1.59. The summed E-state index contributed by atoms with van der Waals surface area (Å²) in [7, 11) is 0. The molecule has 7 aromatic rings. The van der Waals surface area contributed by atoms with Crippen molar-refractivity contribution in [1.82, 2.24) is 4.98 Å². The van der Waals surface area contributed by atoms with Crippen molar-refractivity contribution in [2.45, 2.75) is 0 Å². The summed E-state index contributed by atoms with van der Waals surface area (Å²) in [6.07, 6.45) is 3.93. The molecule has 0 spiro atoms. The first kappa shape index (κ1) is 20.6. The molecule has 0 fully saturated rings. The van der Waals surface area contributed by atoms with Gasteiger partial charge < -0.3 is 0 Å². The Labute approximate surface area is 210 Å². The Bertz CT molecular complexity index is 1830. The van der Waals surface area contributed by atoms with Gasteiger partial charge in [-0.2, -0.15) is 0 Å². The summed E-state index contributed by atoms with van der Waals surface area (Å²) < 4.78 is 0. The first-order valence-electron chi connectivity index (χ1n) is 12.3. The van der Waals surface area contributed by atoms with E-state index in [2.05, 4.69) is 132 Å². The van der Waals surface area contributed by atoms with Crippen LogP contribution in [0.3, 0.4) is 0 Å². The topological polar surface area (TPSA) is 12.9 Å². The van der Waals surface area contributed by atoms with Gasteiger partial charge in [-0.05, 0) is 72.4 Å². The molecule has 0 aliphatic carbocycles. The monoisotopic (exact) mass is 457 g/mol. The molecule has 0 radical (unpaired) electrons. The van der Waals surface area contributed by atoms with Crippen LogP contribution >= 0.6 is 0 Å². The van der Waals surface area contributed by atoms with E-state index in [1.54, 1.807) is 0 Å². The van der Waals surface area contributed by atoms with Crippen molar-refractivity contribution in [3.8, 4) is 33.4 Å².